The van der Waals surface area contributed by atoms with Crippen molar-refractivity contribution in [3.05, 3.63) is 18.2 Å². The minimum atomic E-state index is 0.152. The summed E-state index contributed by atoms with van der Waals surface area (Å²) in [5.41, 5.74) is 3.22. The fourth-order valence-electron chi connectivity index (χ4n) is 3.45. The maximum Gasteiger partial charge on any atom is 0.110 e. The molecule has 1 fully saturated rings. The van der Waals surface area contributed by atoms with E-state index < -0.39 is 0 Å². The number of aryl methyl sites for hydroxylation is 1. The third-order valence-corrected chi connectivity index (χ3v) is 4.77. The molecule has 0 spiro atoms. The van der Waals surface area contributed by atoms with Crippen LogP contribution in [0.25, 0.3) is 0 Å². The molecule has 1 unspecified atom stereocenters. The Balaban J connectivity index is 2.20. The van der Waals surface area contributed by atoms with Crippen LogP contribution < -0.4 is 11.3 Å². The Labute approximate surface area is 116 Å². The van der Waals surface area contributed by atoms with Crippen LogP contribution in [0.5, 0.6) is 0 Å². The Kier molecular flexibility index (Phi) is 4.60. The number of nitrogens with two attached hydrogens (primary N) is 1. The first kappa shape index (κ1) is 14.5. The summed E-state index contributed by atoms with van der Waals surface area (Å²) < 4.78 is 2.08. The second kappa shape index (κ2) is 6.03. The van der Waals surface area contributed by atoms with Crippen LogP contribution in [0.3, 0.4) is 0 Å². The molecule has 0 aliphatic heterocycles. The summed E-state index contributed by atoms with van der Waals surface area (Å²) in [6.45, 7) is 0. The quantitative estimate of drug-likeness (QED) is 0.617. The molecule has 1 atom stereocenters. The summed E-state index contributed by atoms with van der Waals surface area (Å²) in [5.74, 6) is 6.97. The van der Waals surface area contributed by atoms with Crippen LogP contribution in [0.1, 0.15) is 37.9 Å². The van der Waals surface area contributed by atoms with Crippen molar-refractivity contribution < 1.29 is 0 Å². The van der Waals surface area contributed by atoms with E-state index in [9.17, 15) is 0 Å². The van der Waals surface area contributed by atoms with E-state index in [0.717, 1.165) is 12.2 Å². The fourth-order valence-corrected chi connectivity index (χ4v) is 3.45. The number of rotatable bonds is 5. The van der Waals surface area contributed by atoms with E-state index in [2.05, 4.69) is 34.0 Å². The average molecular weight is 265 g/mol. The van der Waals surface area contributed by atoms with Gasteiger partial charge in [0, 0.05) is 37.4 Å². The van der Waals surface area contributed by atoms with Gasteiger partial charge in [-0.1, -0.05) is 19.3 Å². The summed E-state index contributed by atoms with van der Waals surface area (Å²) in [7, 11) is 6.39. The van der Waals surface area contributed by atoms with Gasteiger partial charge in [-0.05, 0) is 26.9 Å². The van der Waals surface area contributed by atoms with Crippen molar-refractivity contribution in [1.29, 1.82) is 0 Å². The van der Waals surface area contributed by atoms with Gasteiger partial charge in [0.25, 0.3) is 0 Å². The number of nitrogens with one attached hydrogen (secondary N) is 1. The molecule has 0 amide bonds. The van der Waals surface area contributed by atoms with Gasteiger partial charge in [0.05, 0.1) is 0 Å². The Morgan fingerprint density at radius 1 is 1.42 bits per heavy atom. The lowest BCUT2D eigenvalue weighted by atomic mass is 9.74. The Bertz CT molecular complexity index is 392. The first-order valence-electron chi connectivity index (χ1n) is 7.20. The molecule has 5 heteroatoms. The van der Waals surface area contributed by atoms with E-state index in [4.69, 9.17) is 5.84 Å². The zero-order chi connectivity index (χ0) is 13.9. The normalized spacial score (nSPS) is 20.7. The minimum Gasteiger partial charge on any atom is -0.338 e. The highest BCUT2D eigenvalue weighted by molar-refractivity contribution is 5.05. The lowest BCUT2D eigenvalue weighted by Gasteiger charge is -2.48. The maximum atomic E-state index is 5.88. The Morgan fingerprint density at radius 2 is 2.11 bits per heavy atom. The number of nitrogens with zero attached hydrogens (tertiary/aromatic N) is 3. The molecule has 5 nitrogen and oxygen atoms in total. The van der Waals surface area contributed by atoms with Crippen molar-refractivity contribution in [2.24, 2.45) is 12.9 Å². The highest BCUT2D eigenvalue weighted by atomic mass is 15.3. The summed E-state index contributed by atoms with van der Waals surface area (Å²) in [5, 5.41) is 0. The maximum absolute atomic E-state index is 5.88. The standard InChI is InChI=1S/C14H27N5/c1-18(2)14(7-5-4-6-8-14)12(17-15)11-13-16-9-10-19(13)3/h9-10,12,17H,4-8,11,15H2,1-3H3. The predicted octanol–water partition coefficient (Wildman–Crippen LogP) is 1.06. The summed E-state index contributed by atoms with van der Waals surface area (Å²) in [6, 6.07) is 0.240. The van der Waals surface area contributed by atoms with Crippen LogP contribution in [0.2, 0.25) is 0 Å². The van der Waals surface area contributed by atoms with E-state index in [1.165, 1.54) is 32.1 Å². The van der Waals surface area contributed by atoms with E-state index in [0.29, 0.717) is 0 Å². The van der Waals surface area contributed by atoms with Crippen molar-refractivity contribution >= 4 is 0 Å². The minimum absolute atomic E-state index is 0.152. The molecule has 1 aromatic heterocycles. The van der Waals surface area contributed by atoms with Crippen LogP contribution in [0.4, 0.5) is 0 Å². The Hall–Kier alpha value is -0.910. The molecular weight excluding hydrogens is 238 g/mol. The van der Waals surface area contributed by atoms with Gasteiger partial charge in [-0.25, -0.2) is 4.98 Å². The molecule has 3 N–H and O–H groups in total. The topological polar surface area (TPSA) is 59.1 Å². The summed E-state index contributed by atoms with van der Waals surface area (Å²) >= 11 is 0. The molecule has 108 valence electrons. The van der Waals surface area contributed by atoms with Gasteiger partial charge in [-0.15, -0.1) is 0 Å². The predicted molar refractivity (Wildman–Crippen MR) is 77.5 cm³/mol. The van der Waals surface area contributed by atoms with Crippen LogP contribution in [-0.4, -0.2) is 40.1 Å². The van der Waals surface area contributed by atoms with Gasteiger partial charge in [0.1, 0.15) is 5.82 Å². The molecule has 0 saturated heterocycles. The lowest BCUT2D eigenvalue weighted by Crippen LogP contribution is -2.62. The molecule has 19 heavy (non-hydrogen) atoms. The van der Waals surface area contributed by atoms with E-state index >= 15 is 0 Å². The van der Waals surface area contributed by atoms with E-state index in [1.54, 1.807) is 0 Å². The number of hydrogen-bond acceptors (Lipinski definition) is 4. The first-order chi connectivity index (χ1) is 9.10. The Morgan fingerprint density at radius 3 is 2.58 bits per heavy atom. The van der Waals surface area contributed by atoms with Crippen molar-refractivity contribution in [3.8, 4) is 0 Å². The second-order valence-corrected chi connectivity index (χ2v) is 5.94. The van der Waals surface area contributed by atoms with Gasteiger partial charge in [0.15, 0.2) is 0 Å². The van der Waals surface area contributed by atoms with Crippen LogP contribution in [-0.2, 0) is 13.5 Å². The smallest absolute Gasteiger partial charge is 0.110 e. The van der Waals surface area contributed by atoms with Crippen LogP contribution in [0.15, 0.2) is 12.4 Å². The molecule has 1 heterocycles. The molecule has 0 aromatic carbocycles. The molecule has 1 saturated carbocycles. The van der Waals surface area contributed by atoms with Gasteiger partial charge in [-0.2, -0.15) is 0 Å². The number of imidazole rings is 1. The lowest BCUT2D eigenvalue weighted by molar-refractivity contribution is 0.0559. The van der Waals surface area contributed by atoms with E-state index in [1.807, 2.05) is 19.4 Å². The molecule has 0 bridgehead atoms. The van der Waals surface area contributed by atoms with Gasteiger partial charge < -0.3 is 9.47 Å². The molecule has 1 aliphatic rings. The highest BCUT2D eigenvalue weighted by Gasteiger charge is 2.41. The number of likely N-dealkylation sites (N-methyl/N-ethyl adjacent to an activating group) is 1. The third kappa shape index (κ3) is 2.83. The second-order valence-electron chi connectivity index (χ2n) is 5.94. The van der Waals surface area contributed by atoms with E-state index in [-0.39, 0.29) is 11.6 Å². The molecule has 1 aromatic rings. The van der Waals surface area contributed by atoms with Gasteiger partial charge in [-0.3, -0.25) is 11.3 Å². The number of hydrogen-bond donors (Lipinski definition) is 2. The largest absolute Gasteiger partial charge is 0.338 e. The third-order valence-electron chi connectivity index (χ3n) is 4.77. The molecule has 1 aliphatic carbocycles. The van der Waals surface area contributed by atoms with Crippen LogP contribution >= 0.6 is 0 Å². The summed E-state index contributed by atoms with van der Waals surface area (Å²) in [4.78, 5) is 6.80. The van der Waals surface area contributed by atoms with Crippen molar-refractivity contribution in [2.45, 2.75) is 50.1 Å². The van der Waals surface area contributed by atoms with Crippen LogP contribution in [0, 0.1) is 0 Å². The molecule has 2 rings (SSSR count). The first-order valence-corrected chi connectivity index (χ1v) is 7.20. The highest BCUT2D eigenvalue weighted by Crippen LogP contribution is 2.35. The molecule has 0 radical (unpaired) electrons. The van der Waals surface area contributed by atoms with Crippen molar-refractivity contribution in [2.75, 3.05) is 14.1 Å². The van der Waals surface area contributed by atoms with Crippen molar-refractivity contribution in [3.63, 3.8) is 0 Å². The number of hydrazine groups is 1. The fraction of sp³-hybridized carbons (Fsp3) is 0.786. The van der Waals surface area contributed by atoms with Crippen molar-refractivity contribution in [1.82, 2.24) is 19.9 Å². The number of aromatic nitrogens is 2. The molecular formula is C14H27N5. The zero-order valence-corrected chi connectivity index (χ0v) is 12.4. The van der Waals surface area contributed by atoms with Gasteiger partial charge >= 0.3 is 0 Å². The SMILES string of the molecule is CN(C)C1(C(Cc2nccn2C)NN)CCCCC1. The van der Waals surface area contributed by atoms with Gasteiger partial charge in [0.2, 0.25) is 0 Å². The average Bonchev–Trinajstić information content (AvgIpc) is 2.82. The summed E-state index contributed by atoms with van der Waals surface area (Å²) in [6.07, 6.45) is 11.1. The monoisotopic (exact) mass is 265 g/mol. The zero-order valence-electron chi connectivity index (χ0n) is 12.4.